The van der Waals surface area contributed by atoms with Gasteiger partial charge in [-0.3, -0.25) is 14.5 Å². The summed E-state index contributed by atoms with van der Waals surface area (Å²) in [6.45, 7) is 4.34. The van der Waals surface area contributed by atoms with Crippen LogP contribution in [-0.4, -0.2) is 39.4 Å². The van der Waals surface area contributed by atoms with Crippen LogP contribution in [-0.2, 0) is 17.6 Å². The second-order valence-electron chi connectivity index (χ2n) is 7.98. The molecule has 2 N–H and O–H groups in total. The molecule has 2 atom stereocenters. The van der Waals surface area contributed by atoms with E-state index in [1.165, 1.54) is 10.4 Å². The lowest BCUT2D eigenvalue weighted by atomic mass is 9.89. The first-order valence-electron chi connectivity index (χ1n) is 9.98. The first kappa shape index (κ1) is 21.1. The van der Waals surface area contributed by atoms with E-state index in [1.807, 2.05) is 24.9 Å². The molecule has 3 aromatic heterocycles. The molecule has 0 fully saturated rings. The maximum atomic E-state index is 12.8. The van der Waals surface area contributed by atoms with Crippen molar-refractivity contribution in [3.05, 3.63) is 49.4 Å². The van der Waals surface area contributed by atoms with Gasteiger partial charge in [0.1, 0.15) is 16.5 Å². The van der Waals surface area contributed by atoms with Crippen molar-refractivity contribution in [1.29, 1.82) is 0 Å². The average Bonchev–Trinajstić information content (AvgIpc) is 3.06. The number of aromatic nitrogens is 3. The fourth-order valence-corrected chi connectivity index (χ4v) is 5.39. The normalized spacial score (nSPS) is 17.2. The number of hydrogen-bond donors (Lipinski definition) is 2. The highest BCUT2D eigenvalue weighted by Crippen LogP contribution is 2.36. The predicted octanol–water partition coefficient (Wildman–Crippen LogP) is 3.90. The lowest BCUT2D eigenvalue weighted by molar-refractivity contribution is -0.117. The molecule has 7 nitrogen and oxygen atoms in total. The molecule has 1 aliphatic rings. The number of aryl methyl sites for hydroxylation is 1. The summed E-state index contributed by atoms with van der Waals surface area (Å²) in [4.78, 5) is 41.0. The minimum absolute atomic E-state index is 0.0779. The standard InChI is InChI=1S/C21H24BrN5O2S/c1-11-4-6-14-15(8-11)30-21-18(14)20(29)25-19(26-21)12(2)27(3)10-17(28)24-16-7-5-13(22)9-23-16/h5,7,9,11-12H,4,6,8,10H2,1-3H3,(H,23,24,28)(H,25,26,29). The molecule has 0 saturated carbocycles. The number of carbonyl (C=O) groups is 1. The minimum atomic E-state index is -0.219. The van der Waals surface area contributed by atoms with Crippen LogP contribution < -0.4 is 10.9 Å². The molecule has 3 aromatic rings. The topological polar surface area (TPSA) is 91.0 Å². The highest BCUT2D eigenvalue weighted by molar-refractivity contribution is 9.10. The monoisotopic (exact) mass is 489 g/mol. The number of nitrogens with one attached hydrogen (secondary N) is 2. The first-order valence-corrected chi connectivity index (χ1v) is 11.6. The molecule has 0 aliphatic heterocycles. The largest absolute Gasteiger partial charge is 0.310 e. The summed E-state index contributed by atoms with van der Waals surface area (Å²) in [7, 11) is 1.84. The van der Waals surface area contributed by atoms with E-state index in [4.69, 9.17) is 4.98 Å². The summed E-state index contributed by atoms with van der Waals surface area (Å²) in [6, 6.07) is 3.33. The number of aromatic amines is 1. The molecular formula is C21H24BrN5O2S. The summed E-state index contributed by atoms with van der Waals surface area (Å²) in [5.74, 6) is 1.54. The fraction of sp³-hybridized carbons (Fsp3) is 0.429. The van der Waals surface area contributed by atoms with Gasteiger partial charge in [0.15, 0.2) is 0 Å². The van der Waals surface area contributed by atoms with Crippen LogP contribution in [0, 0.1) is 5.92 Å². The van der Waals surface area contributed by atoms with Crippen molar-refractivity contribution in [2.45, 2.75) is 39.2 Å². The molecule has 0 bridgehead atoms. The molecule has 2 unspecified atom stereocenters. The molecule has 0 spiro atoms. The smallest absolute Gasteiger partial charge is 0.259 e. The highest BCUT2D eigenvalue weighted by atomic mass is 79.9. The van der Waals surface area contributed by atoms with E-state index < -0.39 is 0 Å². The van der Waals surface area contributed by atoms with Crippen molar-refractivity contribution >= 4 is 49.2 Å². The maximum Gasteiger partial charge on any atom is 0.259 e. The van der Waals surface area contributed by atoms with Gasteiger partial charge in [-0.15, -0.1) is 11.3 Å². The Morgan fingerprint density at radius 3 is 3.00 bits per heavy atom. The Morgan fingerprint density at radius 2 is 2.27 bits per heavy atom. The molecule has 0 radical (unpaired) electrons. The molecule has 3 heterocycles. The van der Waals surface area contributed by atoms with Crippen LogP contribution >= 0.6 is 27.3 Å². The van der Waals surface area contributed by atoms with Crippen molar-refractivity contribution in [2.75, 3.05) is 18.9 Å². The van der Waals surface area contributed by atoms with Gasteiger partial charge in [-0.1, -0.05) is 6.92 Å². The third kappa shape index (κ3) is 4.33. The van der Waals surface area contributed by atoms with Crippen LogP contribution in [0.2, 0.25) is 0 Å². The Bertz CT molecular complexity index is 1140. The van der Waals surface area contributed by atoms with Gasteiger partial charge in [0.25, 0.3) is 5.56 Å². The van der Waals surface area contributed by atoms with Gasteiger partial charge >= 0.3 is 0 Å². The summed E-state index contributed by atoms with van der Waals surface area (Å²) in [5.41, 5.74) is 1.10. The number of hydrogen-bond acceptors (Lipinski definition) is 6. The summed E-state index contributed by atoms with van der Waals surface area (Å²) < 4.78 is 0.848. The zero-order valence-corrected chi connectivity index (χ0v) is 19.6. The van der Waals surface area contributed by atoms with Crippen LogP contribution in [0.5, 0.6) is 0 Å². The molecular weight excluding hydrogens is 466 g/mol. The zero-order valence-electron chi connectivity index (χ0n) is 17.2. The summed E-state index contributed by atoms with van der Waals surface area (Å²) in [5, 5.41) is 3.53. The van der Waals surface area contributed by atoms with E-state index in [2.05, 4.69) is 38.1 Å². The Morgan fingerprint density at radius 1 is 1.47 bits per heavy atom. The van der Waals surface area contributed by atoms with E-state index in [1.54, 1.807) is 23.6 Å². The minimum Gasteiger partial charge on any atom is -0.310 e. The van der Waals surface area contributed by atoms with Gasteiger partial charge in [0, 0.05) is 15.5 Å². The average molecular weight is 490 g/mol. The number of thiophene rings is 1. The van der Waals surface area contributed by atoms with Crippen molar-refractivity contribution in [3.63, 3.8) is 0 Å². The Balaban J connectivity index is 1.50. The molecule has 1 aliphatic carbocycles. The van der Waals surface area contributed by atoms with E-state index in [-0.39, 0.29) is 24.1 Å². The van der Waals surface area contributed by atoms with Crippen molar-refractivity contribution in [1.82, 2.24) is 19.9 Å². The second kappa shape index (κ2) is 8.56. The quantitative estimate of drug-likeness (QED) is 0.566. The van der Waals surface area contributed by atoms with Crippen LogP contribution in [0.4, 0.5) is 5.82 Å². The summed E-state index contributed by atoms with van der Waals surface area (Å²) in [6.07, 6.45) is 4.71. The van der Waals surface area contributed by atoms with E-state index in [9.17, 15) is 9.59 Å². The van der Waals surface area contributed by atoms with E-state index in [0.29, 0.717) is 17.6 Å². The van der Waals surface area contributed by atoms with Crippen LogP contribution in [0.3, 0.4) is 0 Å². The Hall–Kier alpha value is -2.10. The van der Waals surface area contributed by atoms with Crippen LogP contribution in [0.1, 0.15) is 42.6 Å². The number of anilines is 1. The molecule has 158 valence electrons. The van der Waals surface area contributed by atoms with Gasteiger partial charge in [0.2, 0.25) is 5.91 Å². The Kier molecular flexibility index (Phi) is 6.04. The lowest BCUT2D eigenvalue weighted by Gasteiger charge is -2.23. The van der Waals surface area contributed by atoms with Crippen molar-refractivity contribution < 1.29 is 4.79 Å². The third-order valence-corrected chi connectivity index (χ3v) is 7.25. The lowest BCUT2D eigenvalue weighted by Crippen LogP contribution is -2.33. The van der Waals surface area contributed by atoms with Crippen molar-refractivity contribution in [2.24, 2.45) is 5.92 Å². The first-order chi connectivity index (χ1) is 14.3. The number of nitrogens with zero attached hydrogens (tertiary/aromatic N) is 3. The van der Waals surface area contributed by atoms with Gasteiger partial charge < -0.3 is 10.3 Å². The SMILES string of the molecule is CC1CCc2c(sc3nc(C(C)N(C)CC(=O)Nc4ccc(Br)cn4)[nH]c(=O)c23)C1. The number of halogens is 1. The number of H-pyrrole nitrogens is 1. The summed E-state index contributed by atoms with van der Waals surface area (Å²) >= 11 is 4.96. The second-order valence-corrected chi connectivity index (χ2v) is 9.98. The maximum absolute atomic E-state index is 12.8. The molecule has 0 aromatic carbocycles. The number of carbonyl (C=O) groups excluding carboxylic acids is 1. The number of amides is 1. The number of rotatable bonds is 5. The molecule has 0 saturated heterocycles. The molecule has 30 heavy (non-hydrogen) atoms. The zero-order chi connectivity index (χ0) is 21.4. The van der Waals surface area contributed by atoms with Gasteiger partial charge in [-0.05, 0) is 72.8 Å². The fourth-order valence-electron chi connectivity index (χ4n) is 3.77. The highest BCUT2D eigenvalue weighted by Gasteiger charge is 2.25. The van der Waals surface area contributed by atoms with Gasteiger partial charge in [0.05, 0.1) is 18.0 Å². The van der Waals surface area contributed by atoms with Gasteiger partial charge in [-0.2, -0.15) is 0 Å². The number of likely N-dealkylation sites (N-methyl/N-ethyl adjacent to an activating group) is 1. The predicted molar refractivity (Wildman–Crippen MR) is 123 cm³/mol. The molecule has 9 heteroatoms. The van der Waals surface area contributed by atoms with E-state index >= 15 is 0 Å². The van der Waals surface area contributed by atoms with Crippen LogP contribution in [0.15, 0.2) is 27.6 Å². The van der Waals surface area contributed by atoms with E-state index in [0.717, 1.165) is 34.0 Å². The third-order valence-electron chi connectivity index (χ3n) is 5.63. The number of pyridine rings is 1. The van der Waals surface area contributed by atoms with Crippen LogP contribution in [0.25, 0.3) is 10.2 Å². The van der Waals surface area contributed by atoms with Crippen molar-refractivity contribution in [3.8, 4) is 0 Å². The Labute approximate surface area is 187 Å². The molecule has 1 amide bonds. The molecule has 4 rings (SSSR count). The number of fused-ring (bicyclic) bond motifs is 3. The van der Waals surface area contributed by atoms with Gasteiger partial charge in [-0.25, -0.2) is 9.97 Å².